The van der Waals surface area contributed by atoms with Gasteiger partial charge in [0.25, 0.3) is 11.2 Å². The molecule has 0 bridgehead atoms. The minimum Gasteiger partial charge on any atom is -0.493 e. The molecule has 0 radical (unpaired) electrons. The number of allylic oxidation sites excluding steroid dienone is 1. The van der Waals surface area contributed by atoms with Gasteiger partial charge in [0.15, 0.2) is 16.3 Å². The molecule has 0 N–H and O–H groups in total. The van der Waals surface area contributed by atoms with Gasteiger partial charge < -0.3 is 18.8 Å². The number of rotatable bonds is 9. The lowest BCUT2D eigenvalue weighted by Gasteiger charge is -2.26. The van der Waals surface area contributed by atoms with Crippen LogP contribution in [0.1, 0.15) is 38.1 Å². The molecule has 0 amide bonds. The van der Waals surface area contributed by atoms with Gasteiger partial charge in [0.05, 0.1) is 52.8 Å². The third kappa shape index (κ3) is 5.65. The van der Waals surface area contributed by atoms with E-state index in [1.54, 1.807) is 67.1 Å². The van der Waals surface area contributed by atoms with Crippen molar-refractivity contribution in [2.45, 2.75) is 26.8 Å². The van der Waals surface area contributed by atoms with Crippen molar-refractivity contribution in [3.05, 3.63) is 112 Å². The Bertz CT molecular complexity index is 1960. The second kappa shape index (κ2) is 12.4. The molecular formula is C30H27BrN4O7S. The van der Waals surface area contributed by atoms with Crippen molar-refractivity contribution in [2.75, 3.05) is 20.3 Å². The number of carbonyl (C=O) groups is 1. The van der Waals surface area contributed by atoms with E-state index >= 15 is 0 Å². The number of nitrogens with zero attached hydrogens (tertiary/aromatic N) is 4. The molecule has 1 aliphatic rings. The van der Waals surface area contributed by atoms with Crippen molar-refractivity contribution in [3.8, 4) is 17.2 Å². The van der Waals surface area contributed by atoms with Crippen LogP contribution in [0.15, 0.2) is 80.3 Å². The molecule has 13 heteroatoms. The first kappa shape index (κ1) is 30.0. The van der Waals surface area contributed by atoms with Crippen LogP contribution in [-0.2, 0) is 9.53 Å². The maximum atomic E-state index is 14.1. The van der Waals surface area contributed by atoms with Gasteiger partial charge in [-0.1, -0.05) is 33.3 Å². The van der Waals surface area contributed by atoms with Crippen LogP contribution in [0.25, 0.3) is 11.8 Å². The molecule has 0 fully saturated rings. The molecule has 1 aliphatic heterocycles. The zero-order valence-corrected chi connectivity index (χ0v) is 26.1. The van der Waals surface area contributed by atoms with Crippen LogP contribution >= 0.6 is 27.3 Å². The zero-order valence-electron chi connectivity index (χ0n) is 23.7. The zero-order chi connectivity index (χ0) is 30.8. The predicted octanol–water partition coefficient (Wildman–Crippen LogP) is 4.67. The van der Waals surface area contributed by atoms with Crippen LogP contribution in [0.3, 0.4) is 0 Å². The summed E-state index contributed by atoms with van der Waals surface area (Å²) in [5, 5.41) is 11.3. The molecule has 2 aromatic heterocycles. The molecule has 0 aliphatic carbocycles. The van der Waals surface area contributed by atoms with Gasteiger partial charge in [0.2, 0.25) is 0 Å². The minimum absolute atomic E-state index is 0.0464. The van der Waals surface area contributed by atoms with E-state index in [2.05, 4.69) is 20.9 Å². The summed E-state index contributed by atoms with van der Waals surface area (Å²) in [5.41, 5.74) is 2.04. The van der Waals surface area contributed by atoms with Crippen LogP contribution in [-0.4, -0.2) is 40.4 Å². The van der Waals surface area contributed by atoms with E-state index in [4.69, 9.17) is 14.2 Å². The molecular weight excluding hydrogens is 640 g/mol. The summed E-state index contributed by atoms with van der Waals surface area (Å²) in [6.45, 7) is 5.85. The van der Waals surface area contributed by atoms with Gasteiger partial charge in [-0.05, 0) is 62.7 Å². The topological polar surface area (TPSA) is 127 Å². The normalized spacial score (nSPS) is 14.7. The van der Waals surface area contributed by atoms with E-state index in [0.717, 1.165) is 0 Å². The van der Waals surface area contributed by atoms with E-state index in [9.17, 15) is 19.7 Å². The summed E-state index contributed by atoms with van der Waals surface area (Å²) in [7, 11) is 1.52. The van der Waals surface area contributed by atoms with Crippen LogP contribution < -0.4 is 24.4 Å². The molecule has 2 aromatic carbocycles. The number of thiazole rings is 1. The summed E-state index contributed by atoms with van der Waals surface area (Å²) in [5.74, 6) is 0.366. The second-order valence-corrected chi connectivity index (χ2v) is 11.2. The molecule has 1 atom stereocenters. The number of non-ortho nitro benzene ring substituents is 1. The van der Waals surface area contributed by atoms with Gasteiger partial charge in [-0.3, -0.25) is 19.5 Å². The molecule has 5 rings (SSSR count). The first-order valence-corrected chi connectivity index (χ1v) is 14.9. The average Bonchev–Trinajstić information content (AvgIpc) is 3.57. The largest absolute Gasteiger partial charge is 0.493 e. The quantitative estimate of drug-likeness (QED) is 0.144. The fourth-order valence-electron chi connectivity index (χ4n) is 4.91. The number of esters is 1. The Morgan fingerprint density at radius 2 is 1.95 bits per heavy atom. The monoisotopic (exact) mass is 666 g/mol. The first-order chi connectivity index (χ1) is 20.7. The lowest BCUT2D eigenvalue weighted by Crippen LogP contribution is -2.40. The Morgan fingerprint density at radius 3 is 2.65 bits per heavy atom. The summed E-state index contributed by atoms with van der Waals surface area (Å²) in [6, 6.07) is 12.4. The number of ether oxygens (including phenoxy) is 3. The highest BCUT2D eigenvalue weighted by molar-refractivity contribution is 9.10. The van der Waals surface area contributed by atoms with Crippen molar-refractivity contribution in [1.82, 2.24) is 9.13 Å². The fraction of sp³-hybridized carbons (Fsp3) is 0.233. The molecule has 222 valence electrons. The molecule has 4 aromatic rings. The van der Waals surface area contributed by atoms with Gasteiger partial charge in [-0.15, -0.1) is 0 Å². The third-order valence-corrected chi connectivity index (χ3v) is 8.44. The Balaban J connectivity index is 1.72. The van der Waals surface area contributed by atoms with Gasteiger partial charge in [0, 0.05) is 28.5 Å². The summed E-state index contributed by atoms with van der Waals surface area (Å²) in [6.07, 6.45) is 3.47. The molecule has 3 heterocycles. The number of benzene rings is 2. The number of methoxy groups -OCH3 is 1. The Morgan fingerprint density at radius 1 is 1.16 bits per heavy atom. The van der Waals surface area contributed by atoms with E-state index in [1.165, 1.54) is 35.1 Å². The summed E-state index contributed by atoms with van der Waals surface area (Å²) < 4.78 is 20.9. The highest BCUT2D eigenvalue weighted by Gasteiger charge is 2.35. The molecule has 11 nitrogen and oxygen atoms in total. The SMILES string of the molecule is CCOC(=O)C1=C(C)N=c2s/c(=C/c3cccn3-c3cccc([N+](=O)[O-])c3)c(=O)n2[C@@H]1c1cc(OC)c(OCC)cc1Br. The van der Waals surface area contributed by atoms with Crippen LogP contribution in [0.4, 0.5) is 5.69 Å². The maximum Gasteiger partial charge on any atom is 0.338 e. The molecule has 0 spiro atoms. The molecule has 0 saturated carbocycles. The van der Waals surface area contributed by atoms with Gasteiger partial charge in [-0.25, -0.2) is 9.79 Å². The number of nitro groups is 1. The Kier molecular flexibility index (Phi) is 8.64. The smallest absolute Gasteiger partial charge is 0.338 e. The number of halogens is 1. The van der Waals surface area contributed by atoms with Crippen molar-refractivity contribution in [1.29, 1.82) is 0 Å². The van der Waals surface area contributed by atoms with E-state index in [1.807, 2.05) is 6.92 Å². The average molecular weight is 668 g/mol. The molecule has 43 heavy (non-hydrogen) atoms. The number of fused-ring (bicyclic) bond motifs is 1. The number of aromatic nitrogens is 2. The lowest BCUT2D eigenvalue weighted by molar-refractivity contribution is -0.384. The van der Waals surface area contributed by atoms with Crippen molar-refractivity contribution in [2.24, 2.45) is 4.99 Å². The molecule has 0 saturated heterocycles. The summed E-state index contributed by atoms with van der Waals surface area (Å²) >= 11 is 4.80. The van der Waals surface area contributed by atoms with E-state index in [-0.39, 0.29) is 23.4 Å². The number of carbonyl (C=O) groups excluding carboxylic acids is 1. The highest BCUT2D eigenvalue weighted by atomic mass is 79.9. The highest BCUT2D eigenvalue weighted by Crippen LogP contribution is 2.41. The minimum atomic E-state index is -0.875. The lowest BCUT2D eigenvalue weighted by atomic mass is 9.95. The standard InChI is InChI=1S/C30H27BrN4O7S/c1-5-41-24-16-22(31)21(15-23(24)40-4)27-26(29(37)42-6-2)17(3)32-30-34(27)28(36)25(43-30)14-19-11-8-12-33(19)18-9-7-10-20(13-18)35(38)39/h7-16,27H,5-6H2,1-4H3/b25-14+/t27-/m1/s1. The number of hydrogen-bond acceptors (Lipinski definition) is 9. The maximum absolute atomic E-state index is 14.1. The van der Waals surface area contributed by atoms with Crippen molar-refractivity contribution >= 4 is 45.0 Å². The van der Waals surface area contributed by atoms with Gasteiger partial charge in [0.1, 0.15) is 0 Å². The number of nitro benzene ring substituents is 1. The van der Waals surface area contributed by atoms with Crippen molar-refractivity contribution in [3.63, 3.8) is 0 Å². The van der Waals surface area contributed by atoms with E-state index in [0.29, 0.717) is 54.6 Å². The van der Waals surface area contributed by atoms with Crippen LogP contribution in [0.5, 0.6) is 11.5 Å². The van der Waals surface area contributed by atoms with Crippen LogP contribution in [0, 0.1) is 10.1 Å². The molecule has 0 unspecified atom stereocenters. The predicted molar refractivity (Wildman–Crippen MR) is 165 cm³/mol. The summed E-state index contributed by atoms with van der Waals surface area (Å²) in [4.78, 5) is 43.3. The van der Waals surface area contributed by atoms with E-state index < -0.39 is 16.9 Å². The number of hydrogen-bond donors (Lipinski definition) is 0. The Labute approximate surface area is 258 Å². The van der Waals surface area contributed by atoms with Gasteiger partial charge in [-0.2, -0.15) is 0 Å². The van der Waals surface area contributed by atoms with Crippen molar-refractivity contribution < 1.29 is 23.9 Å². The first-order valence-electron chi connectivity index (χ1n) is 13.3. The fourth-order valence-corrected chi connectivity index (χ4v) is 6.48. The van der Waals surface area contributed by atoms with Crippen LogP contribution in [0.2, 0.25) is 0 Å². The third-order valence-electron chi connectivity index (χ3n) is 6.77. The van der Waals surface area contributed by atoms with Gasteiger partial charge >= 0.3 is 5.97 Å². The Hall–Kier alpha value is -4.49. The second-order valence-electron chi connectivity index (χ2n) is 9.34.